The van der Waals surface area contributed by atoms with Crippen molar-refractivity contribution < 1.29 is 5.11 Å². The molecular formula is C25H42OS. The Morgan fingerprint density at radius 1 is 0.704 bits per heavy atom. The topological polar surface area (TPSA) is 20.2 Å². The molecule has 0 heterocycles. The van der Waals surface area contributed by atoms with E-state index < -0.39 is 0 Å². The molecule has 0 radical (unpaired) electrons. The molecule has 2 heteroatoms. The smallest absolute Gasteiger partial charge is 0.0550 e. The number of allylic oxidation sites excluding steroid dienone is 10. The first kappa shape index (κ1) is 26.0. The lowest BCUT2D eigenvalue weighted by atomic mass is 10.1. The van der Waals surface area contributed by atoms with Gasteiger partial charge in [-0.05, 0) is 63.5 Å². The highest BCUT2D eigenvalue weighted by Crippen LogP contribution is 2.18. The van der Waals surface area contributed by atoms with Crippen LogP contribution in [-0.4, -0.2) is 22.7 Å². The highest BCUT2D eigenvalue weighted by Gasteiger charge is 2.06. The summed E-state index contributed by atoms with van der Waals surface area (Å²) in [5.41, 5.74) is 0. The van der Waals surface area contributed by atoms with Gasteiger partial charge in [-0.25, -0.2) is 0 Å². The zero-order chi connectivity index (χ0) is 19.8. The van der Waals surface area contributed by atoms with Crippen molar-refractivity contribution in [3.63, 3.8) is 0 Å². The Hall–Kier alpha value is -0.990. The second-order valence-electron chi connectivity index (χ2n) is 6.67. The van der Waals surface area contributed by atoms with E-state index in [-0.39, 0.29) is 0 Å². The monoisotopic (exact) mass is 390 g/mol. The first-order valence-corrected chi connectivity index (χ1v) is 11.9. The van der Waals surface area contributed by atoms with Crippen molar-refractivity contribution in [1.29, 1.82) is 0 Å². The standard InChI is InChI=1S/C25H42OS/c1-3-5-6-7-8-9-10-11-12-13-14-15-16-17-18-19-20-21-22-25(24-26)27-23-4-2/h5-6,8-9,11-12,14-15,17-18,25-26H,3-4,7,10,13,16,19-24H2,1-2H3. The van der Waals surface area contributed by atoms with Crippen LogP contribution in [0.15, 0.2) is 60.8 Å². The van der Waals surface area contributed by atoms with E-state index in [1.54, 1.807) is 0 Å². The molecule has 0 rings (SSSR count). The maximum Gasteiger partial charge on any atom is 0.0550 e. The minimum Gasteiger partial charge on any atom is -0.395 e. The fourth-order valence-corrected chi connectivity index (χ4v) is 3.52. The molecule has 0 saturated carbocycles. The number of hydrogen-bond donors (Lipinski definition) is 1. The number of rotatable bonds is 18. The highest BCUT2D eigenvalue weighted by atomic mass is 32.2. The van der Waals surface area contributed by atoms with Gasteiger partial charge in [0.1, 0.15) is 0 Å². The molecule has 1 N–H and O–H groups in total. The van der Waals surface area contributed by atoms with E-state index in [4.69, 9.17) is 0 Å². The Bertz CT molecular complexity index is 432. The summed E-state index contributed by atoms with van der Waals surface area (Å²) in [5.74, 6) is 1.17. The molecule has 0 spiro atoms. The zero-order valence-electron chi connectivity index (χ0n) is 17.7. The lowest BCUT2D eigenvalue weighted by Crippen LogP contribution is -2.08. The average molecular weight is 391 g/mol. The van der Waals surface area contributed by atoms with Gasteiger partial charge in [-0.1, -0.05) is 81.0 Å². The van der Waals surface area contributed by atoms with Gasteiger partial charge in [-0.3, -0.25) is 0 Å². The summed E-state index contributed by atoms with van der Waals surface area (Å²) in [6, 6.07) is 0. The molecule has 0 aromatic carbocycles. The van der Waals surface area contributed by atoms with Gasteiger partial charge in [0.2, 0.25) is 0 Å². The summed E-state index contributed by atoms with van der Waals surface area (Å²) in [6.07, 6.45) is 33.6. The summed E-state index contributed by atoms with van der Waals surface area (Å²) in [5, 5.41) is 9.79. The fraction of sp³-hybridized carbons (Fsp3) is 0.600. The van der Waals surface area contributed by atoms with Crippen molar-refractivity contribution in [2.24, 2.45) is 0 Å². The molecule has 0 amide bonds. The molecule has 154 valence electrons. The molecular weight excluding hydrogens is 348 g/mol. The number of thioether (sulfide) groups is 1. The van der Waals surface area contributed by atoms with E-state index in [0.29, 0.717) is 11.9 Å². The van der Waals surface area contributed by atoms with Crippen molar-refractivity contribution in [3.8, 4) is 0 Å². The van der Waals surface area contributed by atoms with Crippen LogP contribution in [0.2, 0.25) is 0 Å². The normalized spacial score (nSPS) is 14.0. The summed E-state index contributed by atoms with van der Waals surface area (Å²) in [4.78, 5) is 0. The fourth-order valence-electron chi connectivity index (χ4n) is 2.51. The molecule has 0 aliphatic carbocycles. The largest absolute Gasteiger partial charge is 0.395 e. The van der Waals surface area contributed by atoms with Crippen LogP contribution in [0.3, 0.4) is 0 Å². The third-order valence-corrected chi connectivity index (χ3v) is 5.57. The first-order chi connectivity index (χ1) is 13.3. The van der Waals surface area contributed by atoms with Crippen molar-refractivity contribution in [3.05, 3.63) is 60.8 Å². The highest BCUT2D eigenvalue weighted by molar-refractivity contribution is 7.99. The second-order valence-corrected chi connectivity index (χ2v) is 8.08. The van der Waals surface area contributed by atoms with E-state index in [1.165, 1.54) is 25.0 Å². The van der Waals surface area contributed by atoms with Gasteiger partial charge in [-0.15, -0.1) is 0 Å². The molecule has 1 atom stereocenters. The minimum atomic E-state index is 0.326. The Morgan fingerprint density at radius 3 is 1.70 bits per heavy atom. The van der Waals surface area contributed by atoms with Crippen LogP contribution >= 0.6 is 11.8 Å². The SMILES string of the molecule is CCC=CCC=CCC=CCC=CCC=CCCCCC(CO)SCCC. The molecule has 1 unspecified atom stereocenters. The van der Waals surface area contributed by atoms with Gasteiger partial charge in [0.15, 0.2) is 0 Å². The molecule has 0 aliphatic heterocycles. The predicted octanol–water partition coefficient (Wildman–Crippen LogP) is 7.80. The number of aliphatic hydroxyl groups excluding tert-OH is 1. The average Bonchev–Trinajstić information content (AvgIpc) is 2.69. The third-order valence-electron chi connectivity index (χ3n) is 4.07. The molecule has 0 aromatic heterocycles. The summed E-state index contributed by atoms with van der Waals surface area (Å²) >= 11 is 1.92. The Labute approximate surface area is 173 Å². The van der Waals surface area contributed by atoms with E-state index in [1.807, 2.05) is 11.8 Å². The van der Waals surface area contributed by atoms with E-state index in [2.05, 4.69) is 74.6 Å². The molecule has 1 nitrogen and oxygen atoms in total. The van der Waals surface area contributed by atoms with Gasteiger partial charge in [-0.2, -0.15) is 11.8 Å². The van der Waals surface area contributed by atoms with Gasteiger partial charge in [0.25, 0.3) is 0 Å². The summed E-state index contributed by atoms with van der Waals surface area (Å²) < 4.78 is 0. The lowest BCUT2D eigenvalue weighted by Gasteiger charge is -2.12. The van der Waals surface area contributed by atoms with Crippen LogP contribution in [-0.2, 0) is 0 Å². The minimum absolute atomic E-state index is 0.326. The van der Waals surface area contributed by atoms with Gasteiger partial charge in [0, 0.05) is 5.25 Å². The van der Waals surface area contributed by atoms with Crippen LogP contribution in [0.25, 0.3) is 0 Å². The van der Waals surface area contributed by atoms with Crippen LogP contribution in [0.1, 0.15) is 78.1 Å². The number of hydrogen-bond acceptors (Lipinski definition) is 2. The van der Waals surface area contributed by atoms with Crippen LogP contribution < -0.4 is 0 Å². The number of aliphatic hydroxyl groups is 1. The third kappa shape index (κ3) is 21.2. The molecule has 0 saturated heterocycles. The molecule has 0 fully saturated rings. The quantitative estimate of drug-likeness (QED) is 0.190. The van der Waals surface area contributed by atoms with Crippen LogP contribution in [0.5, 0.6) is 0 Å². The maximum atomic E-state index is 9.34. The Kier molecular flexibility index (Phi) is 22.2. The van der Waals surface area contributed by atoms with Crippen molar-refractivity contribution in [2.45, 2.75) is 83.3 Å². The molecule has 0 bridgehead atoms. The maximum absolute atomic E-state index is 9.34. The second kappa shape index (κ2) is 23.0. The van der Waals surface area contributed by atoms with E-state index in [0.717, 1.165) is 44.9 Å². The summed E-state index contributed by atoms with van der Waals surface area (Å²) in [7, 11) is 0. The number of unbranched alkanes of at least 4 members (excludes halogenated alkanes) is 2. The first-order valence-electron chi connectivity index (χ1n) is 10.8. The van der Waals surface area contributed by atoms with Gasteiger partial charge in [0.05, 0.1) is 6.61 Å². The Balaban J connectivity index is 3.52. The van der Waals surface area contributed by atoms with Crippen molar-refractivity contribution in [2.75, 3.05) is 12.4 Å². The molecule has 0 aromatic rings. The van der Waals surface area contributed by atoms with Crippen molar-refractivity contribution in [1.82, 2.24) is 0 Å². The van der Waals surface area contributed by atoms with Gasteiger partial charge < -0.3 is 5.11 Å². The van der Waals surface area contributed by atoms with Crippen molar-refractivity contribution >= 4 is 11.8 Å². The van der Waals surface area contributed by atoms with E-state index in [9.17, 15) is 5.11 Å². The molecule has 0 aliphatic rings. The zero-order valence-corrected chi connectivity index (χ0v) is 18.5. The predicted molar refractivity (Wildman–Crippen MR) is 127 cm³/mol. The summed E-state index contributed by atoms with van der Waals surface area (Å²) in [6.45, 7) is 4.69. The van der Waals surface area contributed by atoms with E-state index >= 15 is 0 Å². The van der Waals surface area contributed by atoms with Gasteiger partial charge >= 0.3 is 0 Å². The lowest BCUT2D eigenvalue weighted by molar-refractivity contribution is 0.288. The molecule has 27 heavy (non-hydrogen) atoms. The Morgan fingerprint density at radius 2 is 1.22 bits per heavy atom. The van der Waals surface area contributed by atoms with Crippen LogP contribution in [0.4, 0.5) is 0 Å². The van der Waals surface area contributed by atoms with Crippen LogP contribution in [0, 0.1) is 0 Å².